The molecular formula is C19H27N3O3. The molecule has 6 nitrogen and oxygen atoms in total. The van der Waals surface area contributed by atoms with E-state index in [0.29, 0.717) is 18.7 Å². The van der Waals surface area contributed by atoms with Crippen molar-refractivity contribution in [3.8, 4) is 5.75 Å². The fourth-order valence-electron chi connectivity index (χ4n) is 3.49. The number of carbonyl (C=O) groups is 2. The Kier molecular flexibility index (Phi) is 5.71. The van der Waals surface area contributed by atoms with Crippen LogP contribution in [0, 0.1) is 0 Å². The van der Waals surface area contributed by atoms with Crippen molar-refractivity contribution < 1.29 is 14.3 Å². The van der Waals surface area contributed by atoms with Crippen molar-refractivity contribution in [3.05, 3.63) is 29.3 Å². The van der Waals surface area contributed by atoms with Crippen molar-refractivity contribution in [2.24, 2.45) is 0 Å². The Morgan fingerprint density at radius 2 is 2.00 bits per heavy atom. The predicted octanol–water partition coefficient (Wildman–Crippen LogP) is 1.34. The van der Waals surface area contributed by atoms with Gasteiger partial charge in [0.2, 0.25) is 5.91 Å². The number of nitrogens with one attached hydrogen (secondary N) is 2. The molecule has 0 radical (unpaired) electrons. The molecule has 2 unspecified atom stereocenters. The third-order valence-electron chi connectivity index (χ3n) is 4.82. The summed E-state index contributed by atoms with van der Waals surface area (Å²) in [5.41, 5.74) is 1.79. The number of Topliss-reactive ketones (excluding diaryl/α,β-unsaturated/α-hetero) is 1. The van der Waals surface area contributed by atoms with Crippen molar-refractivity contribution >= 4 is 11.7 Å². The first-order chi connectivity index (χ1) is 12.0. The fourth-order valence-corrected chi connectivity index (χ4v) is 3.49. The van der Waals surface area contributed by atoms with E-state index in [2.05, 4.69) is 15.5 Å². The van der Waals surface area contributed by atoms with Crippen LogP contribution in [-0.2, 0) is 11.2 Å². The molecule has 2 heterocycles. The zero-order chi connectivity index (χ0) is 17.8. The summed E-state index contributed by atoms with van der Waals surface area (Å²) in [5, 5.41) is 6.08. The van der Waals surface area contributed by atoms with Gasteiger partial charge in [-0.15, -0.1) is 0 Å². The van der Waals surface area contributed by atoms with Crippen LogP contribution in [0.4, 0.5) is 0 Å². The SMILES string of the molecule is CC(NC(=O)CN1CCCC1)NC(C)C(=O)c1ccc2c(c1)OCC2. The van der Waals surface area contributed by atoms with Gasteiger partial charge in [0, 0.05) is 12.0 Å². The van der Waals surface area contributed by atoms with Gasteiger partial charge in [-0.2, -0.15) is 0 Å². The van der Waals surface area contributed by atoms with E-state index >= 15 is 0 Å². The molecule has 2 N–H and O–H groups in total. The number of benzene rings is 1. The first kappa shape index (κ1) is 17.9. The van der Waals surface area contributed by atoms with Crippen LogP contribution in [0.2, 0.25) is 0 Å². The fraction of sp³-hybridized carbons (Fsp3) is 0.579. The van der Waals surface area contributed by atoms with Gasteiger partial charge in [-0.1, -0.05) is 12.1 Å². The molecule has 1 fully saturated rings. The lowest BCUT2D eigenvalue weighted by molar-refractivity contribution is -0.122. The van der Waals surface area contributed by atoms with Gasteiger partial charge in [-0.25, -0.2) is 0 Å². The molecule has 1 saturated heterocycles. The van der Waals surface area contributed by atoms with Gasteiger partial charge in [0.1, 0.15) is 5.75 Å². The highest BCUT2D eigenvalue weighted by Crippen LogP contribution is 2.26. The van der Waals surface area contributed by atoms with Gasteiger partial charge in [0.05, 0.1) is 25.4 Å². The minimum atomic E-state index is -0.387. The van der Waals surface area contributed by atoms with Crippen LogP contribution in [0.3, 0.4) is 0 Å². The normalized spacial score (nSPS) is 19.1. The maximum Gasteiger partial charge on any atom is 0.235 e. The lowest BCUT2D eigenvalue weighted by Gasteiger charge is -2.22. The van der Waals surface area contributed by atoms with Crippen molar-refractivity contribution in [3.63, 3.8) is 0 Å². The number of fused-ring (bicyclic) bond motifs is 1. The standard InChI is InChI=1S/C19H27N3O3/c1-13(19(24)16-6-5-15-7-10-25-17(15)11-16)20-14(2)21-18(23)12-22-8-3-4-9-22/h5-6,11,13-14,20H,3-4,7-10,12H2,1-2H3,(H,21,23). The molecule has 6 heteroatoms. The monoisotopic (exact) mass is 345 g/mol. The van der Waals surface area contributed by atoms with Crippen molar-refractivity contribution in [2.45, 2.75) is 45.3 Å². The van der Waals surface area contributed by atoms with Crippen LogP contribution < -0.4 is 15.4 Å². The lowest BCUT2D eigenvalue weighted by Crippen LogP contribution is -2.51. The zero-order valence-electron chi connectivity index (χ0n) is 15.0. The van der Waals surface area contributed by atoms with Crippen LogP contribution in [0.1, 0.15) is 42.6 Å². The summed E-state index contributed by atoms with van der Waals surface area (Å²) < 4.78 is 5.53. The average molecular weight is 345 g/mol. The average Bonchev–Trinajstić information content (AvgIpc) is 3.24. The van der Waals surface area contributed by atoms with Gasteiger partial charge < -0.3 is 10.1 Å². The Morgan fingerprint density at radius 1 is 1.24 bits per heavy atom. The molecule has 3 rings (SSSR count). The highest BCUT2D eigenvalue weighted by Gasteiger charge is 2.21. The van der Waals surface area contributed by atoms with Crippen LogP contribution in [-0.4, -0.2) is 55.0 Å². The van der Waals surface area contributed by atoms with Gasteiger partial charge in [-0.05, 0) is 51.4 Å². The van der Waals surface area contributed by atoms with Crippen molar-refractivity contribution in [1.29, 1.82) is 0 Å². The Bertz CT molecular complexity index is 641. The molecule has 0 spiro atoms. The minimum absolute atomic E-state index is 0.000980. The quantitative estimate of drug-likeness (QED) is 0.576. The molecule has 1 aromatic carbocycles. The number of rotatable bonds is 7. The number of amides is 1. The zero-order valence-corrected chi connectivity index (χ0v) is 15.0. The van der Waals surface area contributed by atoms with E-state index in [0.717, 1.165) is 43.7 Å². The summed E-state index contributed by atoms with van der Waals surface area (Å²) in [7, 11) is 0. The molecule has 2 atom stereocenters. The number of hydrogen-bond acceptors (Lipinski definition) is 5. The van der Waals surface area contributed by atoms with E-state index in [1.807, 2.05) is 32.0 Å². The molecule has 1 aromatic rings. The largest absolute Gasteiger partial charge is 0.493 e. The van der Waals surface area contributed by atoms with Gasteiger partial charge >= 0.3 is 0 Å². The molecule has 2 aliphatic heterocycles. The number of nitrogens with zero attached hydrogens (tertiary/aromatic N) is 1. The minimum Gasteiger partial charge on any atom is -0.493 e. The van der Waals surface area contributed by atoms with Crippen molar-refractivity contribution in [2.75, 3.05) is 26.2 Å². The predicted molar refractivity (Wildman–Crippen MR) is 95.8 cm³/mol. The molecule has 2 aliphatic rings. The lowest BCUT2D eigenvalue weighted by atomic mass is 10.0. The van der Waals surface area contributed by atoms with E-state index in [-0.39, 0.29) is 23.9 Å². The summed E-state index contributed by atoms with van der Waals surface area (Å²) in [6.07, 6.45) is 2.96. The number of ketones is 1. The first-order valence-corrected chi connectivity index (χ1v) is 9.10. The van der Waals surface area contributed by atoms with Gasteiger partial charge in [0.25, 0.3) is 0 Å². The number of hydrogen-bond donors (Lipinski definition) is 2. The Hall–Kier alpha value is -1.92. The third-order valence-corrected chi connectivity index (χ3v) is 4.82. The van der Waals surface area contributed by atoms with E-state index in [1.165, 1.54) is 0 Å². The molecule has 0 aromatic heterocycles. The van der Waals surface area contributed by atoms with Crippen LogP contribution in [0.25, 0.3) is 0 Å². The molecule has 0 bridgehead atoms. The summed E-state index contributed by atoms with van der Waals surface area (Å²) in [4.78, 5) is 26.8. The summed E-state index contributed by atoms with van der Waals surface area (Å²) in [6.45, 7) is 6.77. The van der Waals surface area contributed by atoms with Crippen LogP contribution in [0.15, 0.2) is 18.2 Å². The van der Waals surface area contributed by atoms with E-state index in [4.69, 9.17) is 4.74 Å². The summed E-state index contributed by atoms with van der Waals surface area (Å²) in [5.74, 6) is 0.802. The first-order valence-electron chi connectivity index (χ1n) is 9.10. The van der Waals surface area contributed by atoms with Gasteiger partial charge in [0.15, 0.2) is 5.78 Å². The molecular weight excluding hydrogens is 318 g/mol. The molecule has 0 aliphatic carbocycles. The Morgan fingerprint density at radius 3 is 2.76 bits per heavy atom. The second-order valence-corrected chi connectivity index (χ2v) is 6.95. The van der Waals surface area contributed by atoms with Crippen LogP contribution >= 0.6 is 0 Å². The summed E-state index contributed by atoms with van der Waals surface area (Å²) in [6, 6.07) is 5.25. The van der Waals surface area contributed by atoms with Crippen molar-refractivity contribution in [1.82, 2.24) is 15.5 Å². The summed E-state index contributed by atoms with van der Waals surface area (Å²) >= 11 is 0. The highest BCUT2D eigenvalue weighted by molar-refractivity contribution is 6.00. The second kappa shape index (κ2) is 7.97. The van der Waals surface area contributed by atoms with E-state index in [1.54, 1.807) is 0 Å². The molecule has 0 saturated carbocycles. The maximum atomic E-state index is 12.6. The smallest absolute Gasteiger partial charge is 0.235 e. The van der Waals surface area contributed by atoms with E-state index < -0.39 is 0 Å². The Balaban J connectivity index is 1.49. The molecule has 25 heavy (non-hydrogen) atoms. The molecule has 1 amide bonds. The molecule has 136 valence electrons. The topological polar surface area (TPSA) is 70.7 Å². The Labute approximate surface area is 148 Å². The van der Waals surface area contributed by atoms with Gasteiger partial charge in [-0.3, -0.25) is 19.8 Å². The number of carbonyl (C=O) groups excluding carboxylic acids is 2. The van der Waals surface area contributed by atoms with Crippen LogP contribution in [0.5, 0.6) is 5.75 Å². The second-order valence-electron chi connectivity index (χ2n) is 6.95. The highest BCUT2D eigenvalue weighted by atomic mass is 16.5. The maximum absolute atomic E-state index is 12.6. The number of likely N-dealkylation sites (tertiary alicyclic amines) is 1. The number of ether oxygens (including phenoxy) is 1. The third kappa shape index (κ3) is 4.58. The van der Waals surface area contributed by atoms with E-state index in [9.17, 15) is 9.59 Å².